The number of hydrogen-bond acceptors (Lipinski definition) is 6. The monoisotopic (exact) mass is 556 g/mol. The van der Waals surface area contributed by atoms with E-state index in [-0.39, 0.29) is 0 Å². The van der Waals surface area contributed by atoms with Gasteiger partial charge in [0.25, 0.3) is 0 Å². The topological polar surface area (TPSA) is 116 Å². The van der Waals surface area contributed by atoms with Crippen molar-refractivity contribution >= 4 is 45.1 Å². The highest BCUT2D eigenvalue weighted by Crippen LogP contribution is 2.37. The van der Waals surface area contributed by atoms with E-state index in [4.69, 9.17) is 9.47 Å². The second-order valence-electron chi connectivity index (χ2n) is 9.75. The summed E-state index contributed by atoms with van der Waals surface area (Å²) in [5, 5.41) is 12.9. The van der Waals surface area contributed by atoms with Crippen LogP contribution in [-0.2, 0) is 9.47 Å². The van der Waals surface area contributed by atoms with Gasteiger partial charge in [0.15, 0.2) is 5.79 Å². The summed E-state index contributed by atoms with van der Waals surface area (Å²) in [5.41, 5.74) is 18.8. The van der Waals surface area contributed by atoms with Crippen LogP contribution in [-0.4, -0.2) is 41.6 Å². The summed E-state index contributed by atoms with van der Waals surface area (Å²) in [4.78, 5) is 8.38. The van der Waals surface area contributed by atoms with Crippen molar-refractivity contribution in [3.8, 4) is 0 Å². The highest BCUT2D eigenvalue weighted by atomic mass is 32.2. The van der Waals surface area contributed by atoms with Gasteiger partial charge in [-0.05, 0) is 70.7 Å². The minimum Gasteiger partial charge on any atom is -0.344 e. The zero-order valence-electron chi connectivity index (χ0n) is 21.6. The third-order valence-electron chi connectivity index (χ3n) is 6.61. The number of fused-ring (bicyclic) bond motifs is 2. The smallest absolute Gasteiger partial charge is 0.163 e. The van der Waals surface area contributed by atoms with E-state index in [0.717, 1.165) is 20.6 Å². The Morgan fingerprint density at radius 3 is 1.51 bits per heavy atom. The van der Waals surface area contributed by atoms with E-state index in [1.54, 1.807) is 23.5 Å². The molecule has 1 saturated heterocycles. The standard InChI is InChI=1S/C29H28N6O2S2/c1-29(2)36-27(25(32-34-30)17-38-23-13-11-19-7-3-5-9-21(19)15-23)28(37-29)26(33-35-31)18-39-24-14-12-20-8-4-6-10-22(20)16-24/h3-16,25-28H,17-18H2,1-2H3/t25-,26-,27-,28-/m1/s1. The van der Waals surface area contributed by atoms with Crippen molar-refractivity contribution in [3.05, 3.63) is 106 Å². The molecule has 4 aromatic carbocycles. The van der Waals surface area contributed by atoms with Crippen molar-refractivity contribution in [1.29, 1.82) is 0 Å². The van der Waals surface area contributed by atoms with Gasteiger partial charge in [0.1, 0.15) is 0 Å². The number of rotatable bonds is 10. The first-order valence-electron chi connectivity index (χ1n) is 12.6. The van der Waals surface area contributed by atoms with Crippen LogP contribution in [0.5, 0.6) is 0 Å². The number of benzene rings is 4. The molecule has 0 saturated carbocycles. The maximum Gasteiger partial charge on any atom is 0.163 e. The van der Waals surface area contributed by atoms with E-state index in [0.29, 0.717) is 11.5 Å². The van der Waals surface area contributed by atoms with Crippen LogP contribution in [0.2, 0.25) is 0 Å². The molecule has 4 aromatic rings. The van der Waals surface area contributed by atoms with E-state index in [2.05, 4.69) is 80.7 Å². The highest BCUT2D eigenvalue weighted by Gasteiger charge is 2.48. The van der Waals surface area contributed by atoms with E-state index in [9.17, 15) is 11.1 Å². The van der Waals surface area contributed by atoms with Crippen molar-refractivity contribution in [2.75, 3.05) is 11.5 Å². The fourth-order valence-corrected chi connectivity index (χ4v) is 6.80. The van der Waals surface area contributed by atoms with Crippen LogP contribution >= 0.6 is 23.5 Å². The lowest BCUT2D eigenvalue weighted by Crippen LogP contribution is -2.42. The Labute approximate surface area is 235 Å². The molecule has 0 unspecified atom stereocenters. The summed E-state index contributed by atoms with van der Waals surface area (Å²) >= 11 is 3.20. The molecule has 0 spiro atoms. The number of hydrogen-bond donors (Lipinski definition) is 0. The van der Waals surface area contributed by atoms with Gasteiger partial charge in [-0.15, -0.1) is 23.5 Å². The molecule has 0 bridgehead atoms. The number of azide groups is 2. The lowest BCUT2D eigenvalue weighted by atomic mass is 10.0. The molecule has 8 nitrogen and oxygen atoms in total. The van der Waals surface area contributed by atoms with Crippen LogP contribution in [0.25, 0.3) is 42.4 Å². The van der Waals surface area contributed by atoms with Gasteiger partial charge in [0.05, 0.1) is 24.3 Å². The summed E-state index contributed by atoms with van der Waals surface area (Å²) in [6.07, 6.45) is -1.15. The lowest BCUT2D eigenvalue weighted by Gasteiger charge is -2.26. The van der Waals surface area contributed by atoms with Crippen LogP contribution in [0, 0.1) is 0 Å². The first-order valence-corrected chi connectivity index (χ1v) is 14.6. The van der Waals surface area contributed by atoms with Crippen LogP contribution in [0.4, 0.5) is 0 Å². The van der Waals surface area contributed by atoms with E-state index >= 15 is 0 Å². The van der Waals surface area contributed by atoms with Gasteiger partial charge in [-0.1, -0.05) is 70.9 Å². The number of thioether (sulfide) groups is 2. The van der Waals surface area contributed by atoms with Crippen LogP contribution < -0.4 is 0 Å². The van der Waals surface area contributed by atoms with Crippen molar-refractivity contribution in [2.24, 2.45) is 10.2 Å². The highest BCUT2D eigenvalue weighted by molar-refractivity contribution is 7.99. The Balaban J connectivity index is 1.34. The third-order valence-corrected chi connectivity index (χ3v) is 8.80. The van der Waals surface area contributed by atoms with Crippen molar-refractivity contribution < 1.29 is 9.47 Å². The predicted molar refractivity (Wildman–Crippen MR) is 159 cm³/mol. The molecule has 0 aliphatic carbocycles. The summed E-state index contributed by atoms with van der Waals surface area (Å²) in [6.45, 7) is 3.65. The maximum absolute atomic E-state index is 9.40. The Morgan fingerprint density at radius 1 is 0.692 bits per heavy atom. The quantitative estimate of drug-likeness (QED) is 0.0840. The first kappa shape index (κ1) is 27.2. The average Bonchev–Trinajstić information content (AvgIpc) is 3.28. The summed E-state index contributed by atoms with van der Waals surface area (Å²) in [5.74, 6) is 0.0661. The molecule has 0 aromatic heterocycles. The Kier molecular flexibility index (Phi) is 8.53. The zero-order valence-corrected chi connectivity index (χ0v) is 23.3. The fraction of sp³-hybridized carbons (Fsp3) is 0.310. The molecule has 4 atom stereocenters. The first-order chi connectivity index (χ1) is 19.0. The van der Waals surface area contributed by atoms with Gasteiger partial charge in [0.2, 0.25) is 0 Å². The van der Waals surface area contributed by atoms with Gasteiger partial charge in [0, 0.05) is 31.1 Å². The molecular formula is C29H28N6O2S2. The van der Waals surface area contributed by atoms with Crippen LogP contribution in [0.3, 0.4) is 0 Å². The third kappa shape index (κ3) is 6.62. The minimum atomic E-state index is -0.914. The van der Waals surface area contributed by atoms with Gasteiger partial charge in [-0.25, -0.2) is 0 Å². The maximum atomic E-state index is 9.40. The van der Waals surface area contributed by atoms with Crippen molar-refractivity contribution in [2.45, 2.75) is 53.7 Å². The largest absolute Gasteiger partial charge is 0.344 e. The molecule has 5 rings (SSSR count). The number of ether oxygens (including phenoxy) is 2. The van der Waals surface area contributed by atoms with Gasteiger partial charge >= 0.3 is 0 Å². The molecule has 0 N–H and O–H groups in total. The Bertz CT molecular complexity index is 1450. The van der Waals surface area contributed by atoms with Crippen LogP contribution in [0.15, 0.2) is 105 Å². The average molecular weight is 557 g/mol. The van der Waals surface area contributed by atoms with Crippen molar-refractivity contribution in [3.63, 3.8) is 0 Å². The molecule has 1 aliphatic rings. The molecule has 198 valence electrons. The zero-order chi connectivity index (χ0) is 27.2. The second kappa shape index (κ2) is 12.2. The molecule has 0 amide bonds. The van der Waals surface area contributed by atoms with Crippen LogP contribution in [0.1, 0.15) is 13.8 Å². The summed E-state index contributed by atoms with van der Waals surface area (Å²) in [6, 6.07) is 27.9. The number of nitrogens with zero attached hydrogens (tertiary/aromatic N) is 6. The van der Waals surface area contributed by atoms with E-state index in [1.165, 1.54) is 10.8 Å². The predicted octanol–water partition coefficient (Wildman–Crippen LogP) is 8.76. The SMILES string of the molecule is CC1(C)O[C@H]([C@@H](CSc2ccc3ccccc3c2)N=[N+]=[N-])[C@@H]([C@@H](CSc2ccc3ccccc3c2)N=[N+]=[N-])O1. The van der Waals surface area contributed by atoms with E-state index in [1.807, 2.05) is 38.1 Å². The molecule has 1 aliphatic heterocycles. The second-order valence-corrected chi connectivity index (χ2v) is 11.9. The lowest BCUT2D eigenvalue weighted by molar-refractivity contribution is -0.148. The molecule has 1 heterocycles. The fourth-order valence-electron chi connectivity index (χ4n) is 4.81. The van der Waals surface area contributed by atoms with Gasteiger partial charge < -0.3 is 9.47 Å². The van der Waals surface area contributed by atoms with Crippen molar-refractivity contribution in [1.82, 2.24) is 0 Å². The molecule has 1 fully saturated rings. The molecule has 39 heavy (non-hydrogen) atoms. The normalized spacial score (nSPS) is 19.7. The van der Waals surface area contributed by atoms with E-state index < -0.39 is 30.1 Å². The summed E-state index contributed by atoms with van der Waals surface area (Å²) in [7, 11) is 0. The minimum absolute atomic E-state index is 0.490. The van der Waals surface area contributed by atoms with Gasteiger partial charge in [-0.2, -0.15) is 0 Å². The molecule has 10 heteroatoms. The summed E-state index contributed by atoms with van der Waals surface area (Å²) < 4.78 is 12.6. The Morgan fingerprint density at radius 2 is 1.10 bits per heavy atom. The Hall–Kier alpha value is -3.36. The molecular weight excluding hydrogens is 528 g/mol. The van der Waals surface area contributed by atoms with Gasteiger partial charge in [-0.3, -0.25) is 0 Å². The molecule has 0 radical (unpaired) electrons.